The largest absolute Gasteiger partial charge is 0.328 e. The minimum atomic E-state index is -3.40. The van der Waals surface area contributed by atoms with Gasteiger partial charge in [0.05, 0.1) is 6.07 Å². The molecule has 0 aliphatic heterocycles. The molecule has 5 nitrogen and oxygen atoms in total. The Kier molecular flexibility index (Phi) is 4.08. The molecule has 0 radical (unpaired) electrons. The molecule has 2 N–H and O–H groups in total. The summed E-state index contributed by atoms with van der Waals surface area (Å²) in [7, 11) is -1.85. The van der Waals surface area contributed by atoms with Crippen LogP contribution in [0.25, 0.3) is 0 Å². The van der Waals surface area contributed by atoms with E-state index in [9.17, 15) is 8.42 Å². The first-order valence-electron chi connectivity index (χ1n) is 5.05. The van der Waals surface area contributed by atoms with Gasteiger partial charge in [-0.3, -0.25) is 0 Å². The highest BCUT2D eigenvalue weighted by Crippen LogP contribution is 2.22. The fraction of sp³-hybridized carbons (Fsp3) is 0.889. The summed E-state index contributed by atoms with van der Waals surface area (Å²) in [5, 5.41) is 8.42. The van der Waals surface area contributed by atoms with Gasteiger partial charge in [0.1, 0.15) is 0 Å². The number of hydrogen-bond donors (Lipinski definition) is 1. The minimum absolute atomic E-state index is 0.0168. The van der Waals surface area contributed by atoms with Crippen molar-refractivity contribution in [2.75, 3.05) is 12.8 Å². The van der Waals surface area contributed by atoms with Crippen molar-refractivity contribution in [3.05, 3.63) is 0 Å². The average Bonchev–Trinajstić information content (AvgIpc) is 2.18. The Hall–Kier alpha value is -0.640. The van der Waals surface area contributed by atoms with E-state index in [-0.39, 0.29) is 12.1 Å². The average molecular weight is 231 g/mol. The van der Waals surface area contributed by atoms with Crippen LogP contribution in [0, 0.1) is 11.3 Å². The summed E-state index contributed by atoms with van der Waals surface area (Å²) < 4.78 is 24.5. The quantitative estimate of drug-likeness (QED) is 0.743. The maximum absolute atomic E-state index is 11.6. The monoisotopic (exact) mass is 231 g/mol. The second kappa shape index (κ2) is 4.92. The summed E-state index contributed by atoms with van der Waals surface area (Å²) in [5.41, 5.74) is 5.74. The third kappa shape index (κ3) is 3.16. The van der Waals surface area contributed by atoms with E-state index < -0.39 is 15.8 Å². The highest BCUT2D eigenvalue weighted by atomic mass is 32.2. The number of nitrogens with zero attached hydrogens (tertiary/aromatic N) is 2. The SMILES string of the molecule is CN(C1CCC(N)CC1)S(=O)(=O)CC#N. The minimum Gasteiger partial charge on any atom is -0.328 e. The molecule has 0 bridgehead atoms. The molecular weight excluding hydrogens is 214 g/mol. The van der Waals surface area contributed by atoms with E-state index in [1.54, 1.807) is 13.1 Å². The first-order valence-corrected chi connectivity index (χ1v) is 6.66. The normalized spacial score (nSPS) is 27.6. The van der Waals surface area contributed by atoms with Crippen LogP contribution in [-0.4, -0.2) is 37.6 Å². The van der Waals surface area contributed by atoms with Gasteiger partial charge < -0.3 is 5.73 Å². The smallest absolute Gasteiger partial charge is 0.227 e. The van der Waals surface area contributed by atoms with E-state index >= 15 is 0 Å². The van der Waals surface area contributed by atoms with Gasteiger partial charge in [0.25, 0.3) is 0 Å². The fourth-order valence-electron chi connectivity index (χ4n) is 1.88. The van der Waals surface area contributed by atoms with Crippen LogP contribution in [0.3, 0.4) is 0 Å². The Balaban J connectivity index is 2.62. The van der Waals surface area contributed by atoms with Crippen LogP contribution in [0.15, 0.2) is 0 Å². The number of rotatable bonds is 3. The topological polar surface area (TPSA) is 87.2 Å². The number of sulfonamides is 1. The molecule has 0 aromatic rings. The zero-order valence-electron chi connectivity index (χ0n) is 8.89. The third-order valence-corrected chi connectivity index (χ3v) is 4.61. The van der Waals surface area contributed by atoms with Crippen molar-refractivity contribution in [3.8, 4) is 6.07 Å². The summed E-state index contributed by atoms with van der Waals surface area (Å²) in [6.45, 7) is 0. The molecule has 1 saturated carbocycles. The number of hydrogen-bond acceptors (Lipinski definition) is 4. The highest BCUT2D eigenvalue weighted by molar-refractivity contribution is 7.89. The summed E-state index contributed by atoms with van der Waals surface area (Å²) in [6, 6.07) is 1.90. The van der Waals surface area contributed by atoms with E-state index in [4.69, 9.17) is 11.0 Å². The Morgan fingerprint density at radius 3 is 2.40 bits per heavy atom. The first-order chi connectivity index (χ1) is 6.97. The van der Waals surface area contributed by atoms with Crippen molar-refractivity contribution in [1.82, 2.24) is 4.31 Å². The lowest BCUT2D eigenvalue weighted by Gasteiger charge is -2.32. The van der Waals surface area contributed by atoms with Gasteiger partial charge in [-0.05, 0) is 25.7 Å². The Labute approximate surface area is 90.9 Å². The predicted molar refractivity (Wildman–Crippen MR) is 57.4 cm³/mol. The summed E-state index contributed by atoms with van der Waals surface area (Å²) in [4.78, 5) is 0. The van der Waals surface area contributed by atoms with Gasteiger partial charge in [0.15, 0.2) is 5.75 Å². The van der Waals surface area contributed by atoms with Gasteiger partial charge >= 0.3 is 0 Å². The van der Waals surface area contributed by atoms with Crippen molar-refractivity contribution in [2.24, 2.45) is 5.73 Å². The van der Waals surface area contributed by atoms with Crippen molar-refractivity contribution < 1.29 is 8.42 Å². The zero-order valence-corrected chi connectivity index (χ0v) is 9.70. The molecule has 0 amide bonds. The Bertz CT molecular complexity index is 339. The molecule has 1 aliphatic carbocycles. The Morgan fingerprint density at radius 2 is 1.93 bits per heavy atom. The van der Waals surface area contributed by atoms with E-state index in [1.807, 2.05) is 0 Å². The molecule has 0 aromatic carbocycles. The fourth-order valence-corrected chi connectivity index (χ4v) is 2.91. The molecule has 0 unspecified atom stereocenters. The highest BCUT2D eigenvalue weighted by Gasteiger charge is 2.28. The molecule has 86 valence electrons. The second-order valence-electron chi connectivity index (χ2n) is 4.00. The van der Waals surface area contributed by atoms with Crippen LogP contribution in [0.5, 0.6) is 0 Å². The van der Waals surface area contributed by atoms with Crippen LogP contribution in [0.4, 0.5) is 0 Å². The molecule has 0 aromatic heterocycles. The predicted octanol–water partition coefficient (Wildman–Crippen LogP) is 0.0415. The van der Waals surface area contributed by atoms with E-state index in [0.29, 0.717) is 0 Å². The Morgan fingerprint density at radius 1 is 1.40 bits per heavy atom. The van der Waals surface area contributed by atoms with Gasteiger partial charge in [-0.1, -0.05) is 0 Å². The molecule has 1 aliphatic rings. The van der Waals surface area contributed by atoms with Crippen molar-refractivity contribution in [1.29, 1.82) is 5.26 Å². The summed E-state index contributed by atoms with van der Waals surface area (Å²) in [6.07, 6.45) is 3.30. The van der Waals surface area contributed by atoms with E-state index in [0.717, 1.165) is 25.7 Å². The van der Waals surface area contributed by atoms with Gasteiger partial charge in [-0.15, -0.1) is 0 Å². The summed E-state index contributed by atoms with van der Waals surface area (Å²) >= 11 is 0. The van der Waals surface area contributed by atoms with Crippen LogP contribution in [0.1, 0.15) is 25.7 Å². The number of nitriles is 1. The molecule has 0 heterocycles. The van der Waals surface area contributed by atoms with Gasteiger partial charge in [0.2, 0.25) is 10.0 Å². The molecule has 1 fully saturated rings. The van der Waals surface area contributed by atoms with Crippen molar-refractivity contribution in [2.45, 2.75) is 37.8 Å². The van der Waals surface area contributed by atoms with Crippen molar-refractivity contribution in [3.63, 3.8) is 0 Å². The van der Waals surface area contributed by atoms with E-state index in [2.05, 4.69) is 0 Å². The zero-order chi connectivity index (χ0) is 11.5. The maximum atomic E-state index is 11.6. The van der Waals surface area contributed by atoms with Gasteiger partial charge in [0, 0.05) is 19.1 Å². The molecule has 1 rings (SSSR count). The van der Waals surface area contributed by atoms with Crippen LogP contribution in [-0.2, 0) is 10.0 Å². The van der Waals surface area contributed by atoms with Gasteiger partial charge in [-0.2, -0.15) is 5.26 Å². The van der Waals surface area contributed by atoms with Crippen LogP contribution < -0.4 is 5.73 Å². The van der Waals surface area contributed by atoms with Crippen LogP contribution >= 0.6 is 0 Å². The maximum Gasteiger partial charge on any atom is 0.227 e. The van der Waals surface area contributed by atoms with Gasteiger partial charge in [-0.25, -0.2) is 12.7 Å². The molecule has 6 heteroatoms. The second-order valence-corrected chi connectivity index (χ2v) is 6.03. The lowest BCUT2D eigenvalue weighted by Crippen LogP contribution is -2.42. The number of nitrogens with two attached hydrogens (primary N) is 1. The standard InChI is InChI=1S/C9H17N3O2S/c1-12(15(13,14)7-6-10)9-4-2-8(11)3-5-9/h8-9H,2-5,7,11H2,1H3. The molecule has 15 heavy (non-hydrogen) atoms. The van der Waals surface area contributed by atoms with E-state index in [1.165, 1.54) is 4.31 Å². The molecule has 0 spiro atoms. The molecule has 0 atom stereocenters. The van der Waals surface area contributed by atoms with Crippen molar-refractivity contribution >= 4 is 10.0 Å². The first kappa shape index (κ1) is 12.4. The molecule has 0 saturated heterocycles. The van der Waals surface area contributed by atoms with Crippen LogP contribution in [0.2, 0.25) is 0 Å². The lowest BCUT2D eigenvalue weighted by molar-refractivity contribution is 0.269. The summed E-state index contributed by atoms with van der Waals surface area (Å²) in [5.74, 6) is -0.438. The third-order valence-electron chi connectivity index (χ3n) is 2.94. The lowest BCUT2D eigenvalue weighted by atomic mass is 9.92. The molecular formula is C9H17N3O2S.